The Kier molecular flexibility index (Phi) is 9.41. The maximum Gasteiger partial charge on any atom is 0.0912 e. The molecule has 0 amide bonds. The van der Waals surface area contributed by atoms with E-state index in [1.54, 1.807) is 5.56 Å². The zero-order chi connectivity index (χ0) is 21.9. The molecular weight excluding hydrogens is 378 g/mol. The highest BCUT2D eigenvalue weighted by Crippen LogP contribution is 2.46. The number of aryl methyl sites for hydroxylation is 1. The smallest absolute Gasteiger partial charge is 0.0912 e. The van der Waals surface area contributed by atoms with Crippen molar-refractivity contribution in [3.8, 4) is 6.07 Å². The summed E-state index contributed by atoms with van der Waals surface area (Å²) in [7, 11) is 1.90. The Bertz CT molecular complexity index is 738. The van der Waals surface area contributed by atoms with Gasteiger partial charge in [-0.15, -0.1) is 0 Å². The fourth-order valence-corrected chi connectivity index (χ4v) is 5.98. The third kappa shape index (κ3) is 6.81. The summed E-state index contributed by atoms with van der Waals surface area (Å²) in [6.45, 7) is 2.25. The van der Waals surface area contributed by atoms with Gasteiger partial charge in [0, 0.05) is 13.2 Å². The molecule has 0 saturated heterocycles. The highest BCUT2D eigenvalue weighted by Gasteiger charge is 2.38. The first-order valence-corrected chi connectivity index (χ1v) is 12.5. The summed E-state index contributed by atoms with van der Waals surface area (Å²) in [6, 6.07) is 11.5. The van der Waals surface area contributed by atoms with E-state index in [9.17, 15) is 0 Å². The van der Waals surface area contributed by atoms with Crippen LogP contribution in [0.15, 0.2) is 48.6 Å². The second kappa shape index (κ2) is 12.3. The molecule has 0 aromatic heterocycles. The second-order valence-electron chi connectivity index (χ2n) is 9.78. The SMILES string of the molecule is CCCc1ccc([C@H]2CC[C@H]([C@H]3CC[C@@](CCC=CC=CC#N)(OC)CC3)CC2)cc1. The molecule has 2 heteroatoms. The van der Waals surface area contributed by atoms with Gasteiger partial charge in [0.1, 0.15) is 0 Å². The minimum Gasteiger partial charge on any atom is -0.378 e. The van der Waals surface area contributed by atoms with E-state index in [1.807, 2.05) is 25.3 Å². The zero-order valence-electron chi connectivity index (χ0n) is 19.7. The summed E-state index contributed by atoms with van der Waals surface area (Å²) < 4.78 is 6.04. The molecule has 0 N–H and O–H groups in total. The number of rotatable bonds is 9. The lowest BCUT2D eigenvalue weighted by atomic mass is 9.66. The van der Waals surface area contributed by atoms with Gasteiger partial charge in [-0.2, -0.15) is 5.26 Å². The van der Waals surface area contributed by atoms with Gasteiger partial charge >= 0.3 is 0 Å². The van der Waals surface area contributed by atoms with E-state index >= 15 is 0 Å². The quantitative estimate of drug-likeness (QED) is 0.301. The van der Waals surface area contributed by atoms with Crippen LogP contribution >= 0.6 is 0 Å². The number of nitriles is 1. The molecule has 0 unspecified atom stereocenters. The van der Waals surface area contributed by atoms with Crippen molar-refractivity contribution < 1.29 is 4.74 Å². The number of methoxy groups -OCH3 is 1. The van der Waals surface area contributed by atoms with E-state index in [0.29, 0.717) is 0 Å². The fraction of sp³-hybridized carbons (Fsp3) is 0.621. The van der Waals surface area contributed by atoms with Gasteiger partial charge in [0.05, 0.1) is 11.7 Å². The van der Waals surface area contributed by atoms with Crippen LogP contribution in [0.3, 0.4) is 0 Å². The second-order valence-corrected chi connectivity index (χ2v) is 9.78. The van der Waals surface area contributed by atoms with E-state index in [1.165, 1.54) is 75.8 Å². The van der Waals surface area contributed by atoms with Crippen molar-refractivity contribution in [3.05, 3.63) is 59.7 Å². The van der Waals surface area contributed by atoms with E-state index < -0.39 is 0 Å². The van der Waals surface area contributed by atoms with Gasteiger partial charge in [0.25, 0.3) is 0 Å². The van der Waals surface area contributed by atoms with Crippen LogP contribution in [0.4, 0.5) is 0 Å². The number of ether oxygens (including phenoxy) is 1. The number of benzene rings is 1. The zero-order valence-corrected chi connectivity index (χ0v) is 19.7. The largest absolute Gasteiger partial charge is 0.378 e. The molecule has 2 nitrogen and oxygen atoms in total. The van der Waals surface area contributed by atoms with Crippen LogP contribution < -0.4 is 0 Å². The predicted octanol–water partition coefficient (Wildman–Crippen LogP) is 7.90. The van der Waals surface area contributed by atoms with Gasteiger partial charge in [0.15, 0.2) is 0 Å². The van der Waals surface area contributed by atoms with Crippen molar-refractivity contribution in [2.45, 2.75) is 95.5 Å². The molecule has 0 bridgehead atoms. The topological polar surface area (TPSA) is 33.0 Å². The van der Waals surface area contributed by atoms with Crippen LogP contribution in [-0.2, 0) is 11.2 Å². The van der Waals surface area contributed by atoms with Crippen molar-refractivity contribution in [2.24, 2.45) is 11.8 Å². The number of nitrogens with zero attached hydrogens (tertiary/aromatic N) is 1. The molecule has 168 valence electrons. The van der Waals surface area contributed by atoms with Crippen LogP contribution in [0.2, 0.25) is 0 Å². The summed E-state index contributed by atoms with van der Waals surface area (Å²) in [6.07, 6.45) is 22.6. The van der Waals surface area contributed by atoms with Gasteiger partial charge in [-0.25, -0.2) is 0 Å². The molecule has 0 aliphatic heterocycles. The third-order valence-corrected chi connectivity index (χ3v) is 7.99. The van der Waals surface area contributed by atoms with Crippen LogP contribution in [0, 0.1) is 23.2 Å². The molecule has 0 radical (unpaired) electrons. The Morgan fingerprint density at radius 1 is 1.00 bits per heavy atom. The Morgan fingerprint density at radius 3 is 2.29 bits per heavy atom. The molecule has 2 aliphatic rings. The standard InChI is InChI=1S/C29H41NO/c1-3-9-24-10-12-25(13-11-24)26-14-16-27(17-15-26)28-18-21-29(31-2,22-19-28)20-7-5-4-6-8-23-30/h4-6,8,10-13,26-28H,3,7,9,14-22H2,1-2H3/t26-,27-,28-,29+. The summed E-state index contributed by atoms with van der Waals surface area (Å²) in [5.41, 5.74) is 3.12. The molecule has 3 rings (SSSR count). The van der Waals surface area contributed by atoms with Gasteiger partial charge in [-0.05, 0) is 99.5 Å². The van der Waals surface area contributed by atoms with E-state index in [-0.39, 0.29) is 5.60 Å². The Labute approximate surface area is 190 Å². The first-order chi connectivity index (χ1) is 15.2. The van der Waals surface area contributed by atoms with Crippen molar-refractivity contribution in [2.75, 3.05) is 7.11 Å². The maximum atomic E-state index is 8.55. The van der Waals surface area contributed by atoms with Gasteiger partial charge in [-0.3, -0.25) is 0 Å². The number of allylic oxidation sites excluding steroid dienone is 4. The average molecular weight is 420 g/mol. The molecule has 2 fully saturated rings. The summed E-state index contributed by atoms with van der Waals surface area (Å²) >= 11 is 0. The lowest BCUT2D eigenvalue weighted by molar-refractivity contribution is -0.0614. The van der Waals surface area contributed by atoms with Gasteiger partial charge in [0.2, 0.25) is 0 Å². The Hall–Kier alpha value is -1.85. The van der Waals surface area contributed by atoms with Crippen molar-refractivity contribution >= 4 is 0 Å². The number of hydrogen-bond donors (Lipinski definition) is 0. The molecule has 2 saturated carbocycles. The lowest BCUT2D eigenvalue weighted by Gasteiger charge is -2.43. The average Bonchev–Trinajstić information content (AvgIpc) is 2.83. The molecular formula is C29H41NO. The van der Waals surface area contributed by atoms with Crippen LogP contribution in [0.25, 0.3) is 0 Å². The lowest BCUT2D eigenvalue weighted by Crippen LogP contribution is -2.38. The molecule has 0 atom stereocenters. The minimum absolute atomic E-state index is 0.0667. The molecule has 1 aromatic carbocycles. The predicted molar refractivity (Wildman–Crippen MR) is 130 cm³/mol. The minimum atomic E-state index is 0.0667. The van der Waals surface area contributed by atoms with Gasteiger partial charge < -0.3 is 4.74 Å². The molecule has 0 heterocycles. The summed E-state index contributed by atoms with van der Waals surface area (Å²) in [4.78, 5) is 0. The summed E-state index contributed by atoms with van der Waals surface area (Å²) in [5.74, 6) is 2.59. The van der Waals surface area contributed by atoms with Crippen molar-refractivity contribution in [1.82, 2.24) is 0 Å². The van der Waals surface area contributed by atoms with Crippen LogP contribution in [-0.4, -0.2) is 12.7 Å². The third-order valence-electron chi connectivity index (χ3n) is 7.99. The highest BCUT2D eigenvalue weighted by atomic mass is 16.5. The first-order valence-electron chi connectivity index (χ1n) is 12.5. The molecule has 1 aromatic rings. The Balaban J connectivity index is 1.43. The van der Waals surface area contributed by atoms with Crippen LogP contribution in [0.5, 0.6) is 0 Å². The fourth-order valence-electron chi connectivity index (χ4n) is 5.98. The van der Waals surface area contributed by atoms with Crippen LogP contribution in [0.1, 0.15) is 94.6 Å². The highest BCUT2D eigenvalue weighted by molar-refractivity contribution is 5.26. The van der Waals surface area contributed by atoms with E-state index in [2.05, 4.69) is 37.3 Å². The normalized spacial score (nSPS) is 29.4. The van der Waals surface area contributed by atoms with Crippen molar-refractivity contribution in [3.63, 3.8) is 0 Å². The first kappa shape index (κ1) is 23.8. The molecule has 31 heavy (non-hydrogen) atoms. The monoisotopic (exact) mass is 419 g/mol. The molecule has 2 aliphatic carbocycles. The number of hydrogen-bond acceptors (Lipinski definition) is 2. The Morgan fingerprint density at radius 2 is 1.68 bits per heavy atom. The maximum absolute atomic E-state index is 8.55. The van der Waals surface area contributed by atoms with E-state index in [4.69, 9.17) is 10.00 Å². The molecule has 0 spiro atoms. The van der Waals surface area contributed by atoms with Gasteiger partial charge in [-0.1, -0.05) is 55.8 Å². The van der Waals surface area contributed by atoms with Crippen molar-refractivity contribution in [1.29, 1.82) is 5.26 Å². The van der Waals surface area contributed by atoms with E-state index in [0.717, 1.165) is 30.6 Å². The summed E-state index contributed by atoms with van der Waals surface area (Å²) in [5, 5.41) is 8.55.